The van der Waals surface area contributed by atoms with Gasteiger partial charge < -0.3 is 11.1 Å². The molecular formula is C14H18N4. The zero-order valence-corrected chi connectivity index (χ0v) is 10.5. The summed E-state index contributed by atoms with van der Waals surface area (Å²) < 4.78 is 0. The number of hydrogen-bond donors (Lipinski definition) is 2. The summed E-state index contributed by atoms with van der Waals surface area (Å²) in [5, 5.41) is 3.26. The van der Waals surface area contributed by atoms with Crippen LogP contribution in [0.15, 0.2) is 42.6 Å². The van der Waals surface area contributed by atoms with Gasteiger partial charge in [-0.1, -0.05) is 37.3 Å². The third kappa shape index (κ3) is 3.45. The molecule has 1 aromatic carbocycles. The summed E-state index contributed by atoms with van der Waals surface area (Å²) in [6.07, 6.45) is 2.71. The molecule has 1 aromatic heterocycles. The first-order valence-electron chi connectivity index (χ1n) is 6.13. The van der Waals surface area contributed by atoms with Crippen molar-refractivity contribution >= 4 is 11.8 Å². The predicted octanol–water partition coefficient (Wildman–Crippen LogP) is 2.66. The molecule has 0 aliphatic carbocycles. The second-order valence-electron chi connectivity index (χ2n) is 4.33. The third-order valence-electron chi connectivity index (χ3n) is 2.93. The van der Waals surface area contributed by atoms with Crippen molar-refractivity contribution in [3.05, 3.63) is 48.2 Å². The molecule has 18 heavy (non-hydrogen) atoms. The Morgan fingerprint density at radius 2 is 2.00 bits per heavy atom. The van der Waals surface area contributed by atoms with Crippen molar-refractivity contribution in [2.75, 3.05) is 17.6 Å². The van der Waals surface area contributed by atoms with Crippen LogP contribution in [-0.4, -0.2) is 16.5 Å². The number of hydrogen-bond acceptors (Lipinski definition) is 4. The molecule has 0 spiro atoms. The zero-order chi connectivity index (χ0) is 12.8. The average Bonchev–Trinajstić information content (AvgIpc) is 2.40. The monoisotopic (exact) mass is 242 g/mol. The highest BCUT2D eigenvalue weighted by molar-refractivity contribution is 5.37. The van der Waals surface area contributed by atoms with Crippen LogP contribution in [0.4, 0.5) is 11.8 Å². The Balaban J connectivity index is 1.82. The fraction of sp³-hybridized carbons (Fsp3) is 0.286. The summed E-state index contributed by atoms with van der Waals surface area (Å²) in [4.78, 5) is 7.96. The van der Waals surface area contributed by atoms with E-state index in [0.717, 1.165) is 18.8 Å². The summed E-state index contributed by atoms with van der Waals surface area (Å²) in [6.45, 7) is 3.10. The number of anilines is 2. The van der Waals surface area contributed by atoms with Gasteiger partial charge in [0.1, 0.15) is 5.82 Å². The van der Waals surface area contributed by atoms with Gasteiger partial charge in [0.25, 0.3) is 0 Å². The van der Waals surface area contributed by atoms with Crippen LogP contribution in [0.1, 0.15) is 24.8 Å². The molecule has 4 nitrogen and oxygen atoms in total. The van der Waals surface area contributed by atoms with Crippen LogP contribution in [0, 0.1) is 0 Å². The van der Waals surface area contributed by atoms with E-state index < -0.39 is 0 Å². The standard InChI is InChI=1S/C14H18N4/c1-11(12-5-3-2-4-6-12)7-9-16-13-8-10-17-14(15)18-13/h2-6,8,10-11H,7,9H2,1H3,(H3,15,16,17,18). The van der Waals surface area contributed by atoms with Gasteiger partial charge in [0.05, 0.1) is 0 Å². The Hall–Kier alpha value is -2.10. The summed E-state index contributed by atoms with van der Waals surface area (Å²) in [5.74, 6) is 1.61. The number of nitrogens with two attached hydrogens (primary N) is 1. The van der Waals surface area contributed by atoms with Crippen molar-refractivity contribution in [2.45, 2.75) is 19.3 Å². The lowest BCUT2D eigenvalue weighted by Crippen LogP contribution is -2.08. The second kappa shape index (κ2) is 6.00. The molecule has 4 heteroatoms. The lowest BCUT2D eigenvalue weighted by Gasteiger charge is -2.12. The maximum atomic E-state index is 5.52. The van der Waals surface area contributed by atoms with Crippen LogP contribution in [0.2, 0.25) is 0 Å². The van der Waals surface area contributed by atoms with E-state index in [1.807, 2.05) is 12.1 Å². The summed E-state index contributed by atoms with van der Waals surface area (Å²) in [7, 11) is 0. The smallest absolute Gasteiger partial charge is 0.221 e. The van der Waals surface area contributed by atoms with E-state index in [4.69, 9.17) is 5.73 Å². The molecule has 0 radical (unpaired) electrons. The molecule has 0 fully saturated rings. The predicted molar refractivity (Wildman–Crippen MR) is 74.4 cm³/mol. The zero-order valence-electron chi connectivity index (χ0n) is 10.5. The van der Waals surface area contributed by atoms with Crippen LogP contribution in [0.3, 0.4) is 0 Å². The van der Waals surface area contributed by atoms with Gasteiger partial charge >= 0.3 is 0 Å². The van der Waals surface area contributed by atoms with E-state index in [0.29, 0.717) is 11.9 Å². The highest BCUT2D eigenvalue weighted by atomic mass is 15.1. The average molecular weight is 242 g/mol. The number of nitrogens with one attached hydrogen (secondary N) is 1. The first-order chi connectivity index (χ1) is 8.75. The number of nitrogen functional groups attached to an aromatic ring is 1. The van der Waals surface area contributed by atoms with Crippen LogP contribution < -0.4 is 11.1 Å². The Bertz CT molecular complexity index is 484. The molecule has 94 valence electrons. The fourth-order valence-electron chi connectivity index (χ4n) is 1.84. The largest absolute Gasteiger partial charge is 0.370 e. The van der Waals surface area contributed by atoms with Gasteiger partial charge in [-0.25, -0.2) is 4.98 Å². The Morgan fingerprint density at radius 3 is 2.72 bits per heavy atom. The Morgan fingerprint density at radius 1 is 1.22 bits per heavy atom. The first-order valence-corrected chi connectivity index (χ1v) is 6.13. The minimum absolute atomic E-state index is 0.302. The van der Waals surface area contributed by atoms with Crippen LogP contribution in [0.5, 0.6) is 0 Å². The van der Waals surface area contributed by atoms with Gasteiger partial charge in [0, 0.05) is 12.7 Å². The van der Waals surface area contributed by atoms with Crippen molar-refractivity contribution in [3.63, 3.8) is 0 Å². The van der Waals surface area contributed by atoms with Gasteiger partial charge in [0.15, 0.2) is 0 Å². The van der Waals surface area contributed by atoms with Crippen molar-refractivity contribution in [2.24, 2.45) is 0 Å². The molecule has 1 unspecified atom stereocenters. The quantitative estimate of drug-likeness (QED) is 0.846. The van der Waals surface area contributed by atoms with Gasteiger partial charge in [-0.05, 0) is 24.0 Å². The molecule has 0 saturated heterocycles. The molecule has 0 aliphatic heterocycles. The van der Waals surface area contributed by atoms with E-state index in [1.54, 1.807) is 6.20 Å². The van der Waals surface area contributed by atoms with E-state index in [2.05, 4.69) is 46.5 Å². The molecule has 1 heterocycles. The van der Waals surface area contributed by atoms with Crippen molar-refractivity contribution in [3.8, 4) is 0 Å². The Labute approximate surface area is 107 Å². The number of benzene rings is 1. The van der Waals surface area contributed by atoms with Gasteiger partial charge in [-0.15, -0.1) is 0 Å². The molecule has 1 atom stereocenters. The molecule has 0 amide bonds. The maximum Gasteiger partial charge on any atom is 0.221 e. The van der Waals surface area contributed by atoms with Gasteiger partial charge in [-0.2, -0.15) is 4.98 Å². The SMILES string of the molecule is CC(CCNc1ccnc(N)n1)c1ccccc1. The lowest BCUT2D eigenvalue weighted by molar-refractivity contribution is 0.705. The fourth-order valence-corrected chi connectivity index (χ4v) is 1.84. The highest BCUT2D eigenvalue weighted by Gasteiger charge is 2.04. The van der Waals surface area contributed by atoms with E-state index in [1.165, 1.54) is 5.56 Å². The maximum absolute atomic E-state index is 5.52. The highest BCUT2D eigenvalue weighted by Crippen LogP contribution is 2.18. The topological polar surface area (TPSA) is 63.8 Å². The molecule has 0 bridgehead atoms. The molecule has 3 N–H and O–H groups in total. The first kappa shape index (κ1) is 12.4. The number of aromatic nitrogens is 2. The lowest BCUT2D eigenvalue weighted by atomic mass is 9.98. The van der Waals surface area contributed by atoms with Crippen molar-refractivity contribution < 1.29 is 0 Å². The number of rotatable bonds is 5. The van der Waals surface area contributed by atoms with Gasteiger partial charge in [0.2, 0.25) is 5.95 Å². The summed E-state index contributed by atoms with van der Waals surface area (Å²) in [6, 6.07) is 12.3. The van der Waals surface area contributed by atoms with E-state index in [-0.39, 0.29) is 0 Å². The molecule has 0 aliphatic rings. The molecular weight excluding hydrogens is 224 g/mol. The second-order valence-corrected chi connectivity index (χ2v) is 4.33. The van der Waals surface area contributed by atoms with Gasteiger partial charge in [-0.3, -0.25) is 0 Å². The van der Waals surface area contributed by atoms with Crippen molar-refractivity contribution in [1.29, 1.82) is 0 Å². The van der Waals surface area contributed by atoms with Crippen LogP contribution >= 0.6 is 0 Å². The minimum atomic E-state index is 0.302. The summed E-state index contributed by atoms with van der Waals surface area (Å²) in [5.41, 5.74) is 6.88. The van der Waals surface area contributed by atoms with Crippen LogP contribution in [-0.2, 0) is 0 Å². The van der Waals surface area contributed by atoms with Crippen molar-refractivity contribution in [1.82, 2.24) is 9.97 Å². The van der Waals surface area contributed by atoms with E-state index in [9.17, 15) is 0 Å². The number of nitrogens with zero attached hydrogens (tertiary/aromatic N) is 2. The van der Waals surface area contributed by atoms with Crippen LogP contribution in [0.25, 0.3) is 0 Å². The minimum Gasteiger partial charge on any atom is -0.370 e. The molecule has 2 aromatic rings. The third-order valence-corrected chi connectivity index (χ3v) is 2.93. The Kier molecular flexibility index (Phi) is 4.12. The molecule has 0 saturated carbocycles. The normalized spacial score (nSPS) is 12.1. The summed E-state index contributed by atoms with van der Waals surface area (Å²) >= 11 is 0. The van der Waals surface area contributed by atoms with E-state index >= 15 is 0 Å². The molecule has 2 rings (SSSR count).